The highest BCUT2D eigenvalue weighted by molar-refractivity contribution is 6.39. The average Bonchev–Trinajstić information content (AvgIpc) is 2.63. The molecule has 1 heterocycles. The van der Waals surface area contributed by atoms with Crippen molar-refractivity contribution in [1.82, 2.24) is 9.78 Å². The van der Waals surface area contributed by atoms with Crippen LogP contribution in [0.2, 0.25) is 10.0 Å². The number of halogens is 2. The quantitative estimate of drug-likeness (QED) is 0.802. The number of aryl methyl sites for hydroxylation is 1. The van der Waals surface area contributed by atoms with Crippen LogP contribution in [0.5, 0.6) is 0 Å². The fraction of sp³-hybridized carbons (Fsp3) is 0.167. The predicted octanol–water partition coefficient (Wildman–Crippen LogP) is 3.15. The van der Waals surface area contributed by atoms with E-state index < -0.39 is 0 Å². The number of rotatable bonds is 3. The molecule has 17 heavy (non-hydrogen) atoms. The molecular formula is C12H10Cl2N2O. The van der Waals surface area contributed by atoms with Crippen LogP contribution in [-0.2, 0) is 13.5 Å². The first kappa shape index (κ1) is 12.1. The van der Waals surface area contributed by atoms with Gasteiger partial charge in [0, 0.05) is 19.7 Å². The molecule has 0 saturated carbocycles. The number of carbonyl (C=O) groups excluding carboxylic acids is 1. The Morgan fingerprint density at radius 3 is 2.53 bits per heavy atom. The Balaban J connectivity index is 2.26. The van der Waals surface area contributed by atoms with Crippen LogP contribution in [0.25, 0.3) is 0 Å². The Labute approximate surface area is 109 Å². The van der Waals surface area contributed by atoms with Gasteiger partial charge in [0.15, 0.2) is 5.78 Å². The van der Waals surface area contributed by atoms with Crippen LogP contribution in [-0.4, -0.2) is 15.6 Å². The van der Waals surface area contributed by atoms with E-state index in [2.05, 4.69) is 5.10 Å². The Morgan fingerprint density at radius 2 is 2.00 bits per heavy atom. The van der Waals surface area contributed by atoms with Gasteiger partial charge >= 0.3 is 0 Å². The predicted molar refractivity (Wildman–Crippen MR) is 67.7 cm³/mol. The van der Waals surface area contributed by atoms with Crippen molar-refractivity contribution in [2.45, 2.75) is 6.42 Å². The fourth-order valence-corrected chi connectivity index (χ4v) is 2.21. The topological polar surface area (TPSA) is 34.9 Å². The highest BCUT2D eigenvalue weighted by Gasteiger charge is 2.15. The molecule has 1 aromatic carbocycles. The normalized spacial score (nSPS) is 10.5. The van der Waals surface area contributed by atoms with Gasteiger partial charge < -0.3 is 0 Å². The van der Waals surface area contributed by atoms with Crippen LogP contribution in [0.15, 0.2) is 30.6 Å². The summed E-state index contributed by atoms with van der Waals surface area (Å²) in [5.41, 5.74) is 1.22. The molecule has 88 valence electrons. The third-order valence-electron chi connectivity index (χ3n) is 2.36. The molecular weight excluding hydrogens is 259 g/mol. The molecule has 2 aromatic rings. The minimum atomic E-state index is -0.103. The van der Waals surface area contributed by atoms with Gasteiger partial charge in [0.05, 0.1) is 21.8 Å². The molecule has 0 bridgehead atoms. The zero-order valence-corrected chi connectivity index (χ0v) is 10.7. The molecule has 0 amide bonds. The van der Waals surface area contributed by atoms with Crippen molar-refractivity contribution in [3.63, 3.8) is 0 Å². The molecule has 0 atom stereocenters. The maximum absolute atomic E-state index is 12.1. The van der Waals surface area contributed by atoms with Gasteiger partial charge in [-0.05, 0) is 17.7 Å². The summed E-state index contributed by atoms with van der Waals surface area (Å²) in [5, 5.41) is 4.77. The first-order valence-electron chi connectivity index (χ1n) is 5.02. The molecule has 5 heteroatoms. The minimum absolute atomic E-state index is 0.103. The summed E-state index contributed by atoms with van der Waals surface area (Å²) in [6.45, 7) is 0. The maximum Gasteiger partial charge on any atom is 0.170 e. The van der Waals surface area contributed by atoms with Crippen LogP contribution < -0.4 is 0 Å². The Kier molecular flexibility index (Phi) is 3.50. The number of carbonyl (C=O) groups is 1. The van der Waals surface area contributed by atoms with E-state index in [-0.39, 0.29) is 12.2 Å². The number of aromatic nitrogens is 2. The summed E-state index contributed by atoms with van der Waals surface area (Å²) in [7, 11) is 1.80. The monoisotopic (exact) mass is 268 g/mol. The van der Waals surface area contributed by atoms with Crippen LogP contribution in [0.3, 0.4) is 0 Å². The van der Waals surface area contributed by atoms with E-state index in [1.807, 2.05) is 0 Å². The zero-order chi connectivity index (χ0) is 12.4. The van der Waals surface area contributed by atoms with Gasteiger partial charge in [-0.1, -0.05) is 29.3 Å². The Morgan fingerprint density at radius 1 is 1.35 bits per heavy atom. The van der Waals surface area contributed by atoms with Crippen LogP contribution in [0, 0.1) is 0 Å². The van der Waals surface area contributed by atoms with Crippen LogP contribution in [0.4, 0.5) is 0 Å². The molecule has 1 aromatic heterocycles. The van der Waals surface area contributed by atoms with Crippen molar-refractivity contribution >= 4 is 29.0 Å². The minimum Gasteiger partial charge on any atom is -0.294 e. The zero-order valence-electron chi connectivity index (χ0n) is 9.15. The van der Waals surface area contributed by atoms with E-state index in [0.29, 0.717) is 15.6 Å². The first-order chi connectivity index (χ1) is 8.08. The van der Waals surface area contributed by atoms with Gasteiger partial charge in [-0.2, -0.15) is 5.10 Å². The lowest BCUT2D eigenvalue weighted by atomic mass is 10.1. The third kappa shape index (κ3) is 2.68. The first-order valence-corrected chi connectivity index (χ1v) is 5.78. The highest BCUT2D eigenvalue weighted by Crippen LogP contribution is 2.25. The number of hydrogen-bond acceptors (Lipinski definition) is 2. The summed E-state index contributed by atoms with van der Waals surface area (Å²) in [4.78, 5) is 12.1. The molecule has 0 saturated heterocycles. The number of Topliss-reactive ketones (excluding diaryl/α,β-unsaturated/α-hetero) is 1. The fourth-order valence-electron chi connectivity index (χ4n) is 1.60. The van der Waals surface area contributed by atoms with Crippen molar-refractivity contribution in [2.24, 2.45) is 7.05 Å². The van der Waals surface area contributed by atoms with Gasteiger partial charge in [0.1, 0.15) is 0 Å². The number of ketones is 1. The SMILES string of the molecule is Cn1cc(CC(=O)c2c(Cl)cccc2Cl)cn1. The molecule has 0 N–H and O–H groups in total. The molecule has 0 spiro atoms. The molecule has 0 aliphatic heterocycles. The Bertz CT molecular complexity index is 543. The molecule has 0 fully saturated rings. The molecule has 0 aliphatic rings. The van der Waals surface area contributed by atoms with E-state index in [0.717, 1.165) is 5.56 Å². The molecule has 0 aliphatic carbocycles. The smallest absolute Gasteiger partial charge is 0.170 e. The van der Waals surface area contributed by atoms with Gasteiger partial charge in [-0.3, -0.25) is 9.48 Å². The lowest BCUT2D eigenvalue weighted by Gasteiger charge is -2.04. The summed E-state index contributed by atoms with van der Waals surface area (Å²) in [6, 6.07) is 5.03. The van der Waals surface area contributed by atoms with Crippen molar-refractivity contribution in [3.05, 3.63) is 51.8 Å². The van der Waals surface area contributed by atoms with Crippen LogP contribution in [0.1, 0.15) is 15.9 Å². The summed E-state index contributed by atoms with van der Waals surface area (Å²) < 4.78 is 1.65. The van der Waals surface area contributed by atoms with E-state index in [9.17, 15) is 4.79 Å². The second-order valence-corrected chi connectivity index (χ2v) is 4.53. The molecule has 0 unspecified atom stereocenters. The number of benzene rings is 1. The van der Waals surface area contributed by atoms with Gasteiger partial charge in [-0.25, -0.2) is 0 Å². The van der Waals surface area contributed by atoms with Crippen molar-refractivity contribution in [3.8, 4) is 0 Å². The standard InChI is InChI=1S/C12H10Cl2N2O/c1-16-7-8(6-15-16)5-11(17)12-9(13)3-2-4-10(12)14/h2-4,6-7H,5H2,1H3. The number of hydrogen-bond donors (Lipinski definition) is 0. The molecule has 2 rings (SSSR count). The van der Waals surface area contributed by atoms with Gasteiger partial charge in [0.25, 0.3) is 0 Å². The van der Waals surface area contributed by atoms with Crippen molar-refractivity contribution in [1.29, 1.82) is 0 Å². The third-order valence-corrected chi connectivity index (χ3v) is 2.99. The van der Waals surface area contributed by atoms with E-state index in [1.165, 1.54) is 0 Å². The molecule has 3 nitrogen and oxygen atoms in total. The second kappa shape index (κ2) is 4.90. The Hall–Kier alpha value is -1.32. The van der Waals surface area contributed by atoms with E-state index >= 15 is 0 Å². The summed E-state index contributed by atoms with van der Waals surface area (Å²) in [5.74, 6) is -0.103. The summed E-state index contributed by atoms with van der Waals surface area (Å²) >= 11 is 11.9. The molecule has 0 radical (unpaired) electrons. The summed E-state index contributed by atoms with van der Waals surface area (Å²) in [6.07, 6.45) is 3.70. The van der Waals surface area contributed by atoms with E-state index in [1.54, 1.807) is 42.3 Å². The van der Waals surface area contributed by atoms with Crippen LogP contribution >= 0.6 is 23.2 Å². The lowest BCUT2D eigenvalue weighted by molar-refractivity contribution is 0.0993. The lowest BCUT2D eigenvalue weighted by Crippen LogP contribution is -2.04. The van der Waals surface area contributed by atoms with Crippen molar-refractivity contribution < 1.29 is 4.79 Å². The largest absolute Gasteiger partial charge is 0.294 e. The highest BCUT2D eigenvalue weighted by atomic mass is 35.5. The van der Waals surface area contributed by atoms with Gasteiger partial charge in [-0.15, -0.1) is 0 Å². The van der Waals surface area contributed by atoms with E-state index in [4.69, 9.17) is 23.2 Å². The average molecular weight is 269 g/mol. The second-order valence-electron chi connectivity index (χ2n) is 3.72. The maximum atomic E-state index is 12.1. The van der Waals surface area contributed by atoms with Gasteiger partial charge in [0.2, 0.25) is 0 Å². The van der Waals surface area contributed by atoms with Crippen molar-refractivity contribution in [2.75, 3.05) is 0 Å². The number of nitrogens with zero attached hydrogens (tertiary/aromatic N) is 2.